The zero-order valence-electron chi connectivity index (χ0n) is 20.4. The van der Waals surface area contributed by atoms with Crippen molar-refractivity contribution in [1.29, 1.82) is 0 Å². The van der Waals surface area contributed by atoms with E-state index in [1.54, 1.807) is 0 Å². The van der Waals surface area contributed by atoms with Crippen LogP contribution in [0.3, 0.4) is 0 Å². The predicted molar refractivity (Wildman–Crippen MR) is 126 cm³/mol. The van der Waals surface area contributed by atoms with E-state index >= 15 is 0 Å². The van der Waals surface area contributed by atoms with E-state index in [4.69, 9.17) is 0 Å². The Bertz CT molecular complexity index is 719. The third-order valence-electron chi connectivity index (χ3n) is 4.58. The molecule has 0 nitrogen and oxygen atoms in total. The molecule has 0 atom stereocenters. The molecule has 152 valence electrons. The Kier molecular flexibility index (Phi) is 10.7. The molecule has 0 saturated carbocycles. The fourth-order valence-electron chi connectivity index (χ4n) is 2.81. The molecule has 0 unspecified atom stereocenters. The molecule has 0 aliphatic carbocycles. The maximum Gasteiger partial charge on any atom is -0.0146 e. The lowest BCUT2D eigenvalue weighted by Gasteiger charge is -2.18. The molecule has 0 radical (unpaired) electrons. The van der Waals surface area contributed by atoms with Gasteiger partial charge in [0.1, 0.15) is 0 Å². The Hall–Kier alpha value is -1.56. The van der Waals surface area contributed by atoms with E-state index in [2.05, 4.69) is 108 Å². The van der Waals surface area contributed by atoms with Gasteiger partial charge in [0.2, 0.25) is 0 Å². The van der Waals surface area contributed by atoms with Crippen molar-refractivity contribution in [3.63, 3.8) is 0 Å². The van der Waals surface area contributed by atoms with Crippen molar-refractivity contribution >= 4 is 0 Å². The number of aryl methyl sites for hydroxylation is 3. The van der Waals surface area contributed by atoms with Crippen molar-refractivity contribution in [3.8, 4) is 11.1 Å². The molecule has 2 aromatic carbocycles. The molecule has 0 fully saturated rings. The van der Waals surface area contributed by atoms with Crippen LogP contribution in [0.5, 0.6) is 0 Å². The van der Waals surface area contributed by atoms with E-state index in [1.165, 1.54) is 50.1 Å². The van der Waals surface area contributed by atoms with Gasteiger partial charge in [-0.15, -0.1) is 0 Å². The van der Waals surface area contributed by atoms with Crippen LogP contribution < -0.4 is 0 Å². The van der Waals surface area contributed by atoms with Gasteiger partial charge in [0, 0.05) is 0 Å². The topological polar surface area (TPSA) is 0 Å². The highest BCUT2D eigenvalue weighted by molar-refractivity contribution is 5.74. The van der Waals surface area contributed by atoms with Gasteiger partial charge in [0.25, 0.3) is 0 Å². The van der Waals surface area contributed by atoms with Gasteiger partial charge in [0.15, 0.2) is 0 Å². The SMILES string of the molecule is CC(C)C.CC(C)C.Cc1cc(C)c(C)c(-c2cc(C)c(C)c(C)c2C)c1. The van der Waals surface area contributed by atoms with Crippen LogP contribution in [0.1, 0.15) is 80.5 Å². The van der Waals surface area contributed by atoms with Gasteiger partial charge in [-0.3, -0.25) is 0 Å². The molecule has 0 heterocycles. The molecule has 0 aliphatic rings. The minimum atomic E-state index is 0.833. The van der Waals surface area contributed by atoms with Crippen molar-refractivity contribution in [2.75, 3.05) is 0 Å². The molecule has 0 heteroatoms. The summed E-state index contributed by atoms with van der Waals surface area (Å²) >= 11 is 0. The summed E-state index contributed by atoms with van der Waals surface area (Å²) in [6, 6.07) is 6.93. The highest BCUT2D eigenvalue weighted by Gasteiger charge is 2.12. The van der Waals surface area contributed by atoms with Crippen LogP contribution in [-0.4, -0.2) is 0 Å². The van der Waals surface area contributed by atoms with Gasteiger partial charge >= 0.3 is 0 Å². The largest absolute Gasteiger partial charge is 0.0630 e. The fraction of sp³-hybridized carbons (Fsp3) is 0.556. The van der Waals surface area contributed by atoms with Crippen molar-refractivity contribution in [2.24, 2.45) is 11.8 Å². The maximum atomic E-state index is 2.35. The Morgan fingerprint density at radius 2 is 0.815 bits per heavy atom. The average Bonchev–Trinajstić information content (AvgIpc) is 2.51. The third kappa shape index (κ3) is 8.33. The van der Waals surface area contributed by atoms with Gasteiger partial charge in [0.05, 0.1) is 0 Å². The maximum absolute atomic E-state index is 2.35. The van der Waals surface area contributed by atoms with Crippen LogP contribution in [0, 0.1) is 60.3 Å². The second kappa shape index (κ2) is 11.3. The molecule has 2 rings (SSSR count). The van der Waals surface area contributed by atoms with Crippen molar-refractivity contribution in [3.05, 3.63) is 57.1 Å². The fourth-order valence-corrected chi connectivity index (χ4v) is 2.81. The molecule has 0 aromatic heterocycles. The van der Waals surface area contributed by atoms with E-state index in [1.807, 2.05) is 0 Å². The second-order valence-corrected chi connectivity index (χ2v) is 9.33. The van der Waals surface area contributed by atoms with Crippen LogP contribution in [0.25, 0.3) is 11.1 Å². The summed E-state index contributed by atoms with van der Waals surface area (Å²) in [6.07, 6.45) is 0. The van der Waals surface area contributed by atoms with Crippen LogP contribution >= 0.6 is 0 Å². The first-order valence-corrected chi connectivity index (χ1v) is 10.4. The van der Waals surface area contributed by atoms with E-state index in [0.29, 0.717) is 0 Å². The lowest BCUT2D eigenvalue weighted by Crippen LogP contribution is -1.97. The van der Waals surface area contributed by atoms with Gasteiger partial charge < -0.3 is 0 Å². The molecular formula is C27H44. The minimum absolute atomic E-state index is 0.833. The summed E-state index contributed by atoms with van der Waals surface area (Å²) in [5.74, 6) is 1.67. The Morgan fingerprint density at radius 1 is 0.444 bits per heavy atom. The first-order valence-electron chi connectivity index (χ1n) is 10.4. The smallest absolute Gasteiger partial charge is 0.0146 e. The van der Waals surface area contributed by atoms with Gasteiger partial charge in [-0.2, -0.15) is 0 Å². The molecule has 27 heavy (non-hydrogen) atoms. The number of benzene rings is 2. The first-order chi connectivity index (χ1) is 12.3. The Labute approximate surface area is 170 Å². The van der Waals surface area contributed by atoms with Crippen molar-refractivity contribution in [2.45, 2.75) is 90.0 Å². The quantitative estimate of drug-likeness (QED) is 0.471. The normalized spacial score (nSPS) is 10.3. The number of hydrogen-bond acceptors (Lipinski definition) is 0. The average molecular weight is 369 g/mol. The zero-order valence-corrected chi connectivity index (χ0v) is 20.4. The minimum Gasteiger partial charge on any atom is -0.0630 e. The van der Waals surface area contributed by atoms with Crippen LogP contribution in [0.2, 0.25) is 0 Å². The summed E-state index contributed by atoms with van der Waals surface area (Å²) in [5.41, 5.74) is 12.5. The van der Waals surface area contributed by atoms with E-state index in [0.717, 1.165) is 11.8 Å². The Balaban J connectivity index is 0.000000718. The summed E-state index contributed by atoms with van der Waals surface area (Å²) in [5, 5.41) is 0. The molecular weight excluding hydrogens is 324 g/mol. The lowest BCUT2D eigenvalue weighted by molar-refractivity contribution is 0.736. The van der Waals surface area contributed by atoms with Gasteiger partial charge in [-0.25, -0.2) is 0 Å². The molecule has 2 aromatic rings. The highest BCUT2D eigenvalue weighted by atomic mass is 14.2. The molecule has 0 aliphatic heterocycles. The Morgan fingerprint density at radius 3 is 1.26 bits per heavy atom. The molecule has 0 bridgehead atoms. The van der Waals surface area contributed by atoms with E-state index in [-0.39, 0.29) is 0 Å². The van der Waals surface area contributed by atoms with Crippen molar-refractivity contribution < 1.29 is 0 Å². The molecule has 0 N–H and O–H groups in total. The van der Waals surface area contributed by atoms with Crippen LogP contribution in [0.4, 0.5) is 0 Å². The standard InChI is InChI=1S/C19H24.2C4H10/c1-11-8-12(2)15(5)18(9-11)19-10-13(3)14(4)16(6)17(19)7;2*1-4(2)3/h8-10H,1-7H3;2*4H,1-3H3. The van der Waals surface area contributed by atoms with Crippen LogP contribution in [-0.2, 0) is 0 Å². The number of rotatable bonds is 1. The lowest BCUT2D eigenvalue weighted by atomic mass is 9.87. The van der Waals surface area contributed by atoms with E-state index in [9.17, 15) is 0 Å². The van der Waals surface area contributed by atoms with Gasteiger partial charge in [-0.1, -0.05) is 65.3 Å². The molecule has 0 amide bonds. The summed E-state index contributed by atoms with van der Waals surface area (Å²) in [7, 11) is 0. The van der Waals surface area contributed by atoms with Gasteiger partial charge in [-0.05, 0) is 105 Å². The van der Waals surface area contributed by atoms with Crippen molar-refractivity contribution in [1.82, 2.24) is 0 Å². The number of hydrogen-bond donors (Lipinski definition) is 0. The molecule has 0 spiro atoms. The monoisotopic (exact) mass is 368 g/mol. The first kappa shape index (κ1) is 25.4. The van der Waals surface area contributed by atoms with Crippen LogP contribution in [0.15, 0.2) is 18.2 Å². The second-order valence-electron chi connectivity index (χ2n) is 9.33. The third-order valence-corrected chi connectivity index (χ3v) is 4.58. The zero-order chi connectivity index (χ0) is 21.5. The van der Waals surface area contributed by atoms with E-state index < -0.39 is 0 Å². The summed E-state index contributed by atoms with van der Waals surface area (Å²) in [6.45, 7) is 28.5. The predicted octanol–water partition coefficient (Wildman–Crippen LogP) is 8.84. The molecule has 0 saturated heterocycles. The summed E-state index contributed by atoms with van der Waals surface area (Å²) in [4.78, 5) is 0. The summed E-state index contributed by atoms with van der Waals surface area (Å²) < 4.78 is 0. The highest BCUT2D eigenvalue weighted by Crippen LogP contribution is 2.33.